The molecular formula is C21H35NO2. The van der Waals surface area contributed by atoms with Gasteiger partial charge in [-0.1, -0.05) is 40.0 Å². The van der Waals surface area contributed by atoms with Crippen LogP contribution in [0.2, 0.25) is 0 Å². The second-order valence-electron chi connectivity index (χ2n) is 7.06. The molecule has 1 aromatic heterocycles. The first kappa shape index (κ1) is 20.7. The second kappa shape index (κ2) is 11.2. The van der Waals surface area contributed by atoms with Gasteiger partial charge in [-0.25, -0.2) is 0 Å². The van der Waals surface area contributed by atoms with Crippen LogP contribution in [0.3, 0.4) is 0 Å². The van der Waals surface area contributed by atoms with Gasteiger partial charge in [-0.2, -0.15) is 0 Å². The predicted octanol–water partition coefficient (Wildman–Crippen LogP) is 5.90. The summed E-state index contributed by atoms with van der Waals surface area (Å²) in [5.74, 6) is 0.546. The fourth-order valence-electron chi connectivity index (χ4n) is 3.11. The van der Waals surface area contributed by atoms with Crippen molar-refractivity contribution in [3.05, 3.63) is 30.1 Å². The number of nitrogens with zero attached hydrogens (tertiary/aromatic N) is 1. The SMILES string of the molecule is CCCCOC(=O)C(C)(CC)CCCC(CCC)c1ccncc1. The lowest BCUT2D eigenvalue weighted by Gasteiger charge is -2.27. The van der Waals surface area contributed by atoms with E-state index in [1.165, 1.54) is 18.4 Å². The highest BCUT2D eigenvalue weighted by Gasteiger charge is 2.32. The molecule has 24 heavy (non-hydrogen) atoms. The van der Waals surface area contributed by atoms with Crippen molar-refractivity contribution in [3.63, 3.8) is 0 Å². The van der Waals surface area contributed by atoms with Gasteiger partial charge in [-0.3, -0.25) is 9.78 Å². The summed E-state index contributed by atoms with van der Waals surface area (Å²) >= 11 is 0. The van der Waals surface area contributed by atoms with Crippen LogP contribution in [0.25, 0.3) is 0 Å². The minimum Gasteiger partial charge on any atom is -0.465 e. The summed E-state index contributed by atoms with van der Waals surface area (Å²) in [6.45, 7) is 9.05. The molecule has 0 radical (unpaired) electrons. The second-order valence-corrected chi connectivity index (χ2v) is 7.06. The Bertz CT molecular complexity index is 460. The highest BCUT2D eigenvalue weighted by molar-refractivity contribution is 5.76. The fourth-order valence-corrected chi connectivity index (χ4v) is 3.11. The third kappa shape index (κ3) is 6.62. The summed E-state index contributed by atoms with van der Waals surface area (Å²) < 4.78 is 5.48. The Balaban J connectivity index is 2.55. The van der Waals surface area contributed by atoms with Crippen LogP contribution < -0.4 is 0 Å². The number of aromatic nitrogens is 1. The van der Waals surface area contributed by atoms with Crippen molar-refractivity contribution in [1.29, 1.82) is 0 Å². The molecule has 0 amide bonds. The molecule has 0 aromatic carbocycles. The zero-order chi connectivity index (χ0) is 17.8. The Morgan fingerprint density at radius 2 is 1.83 bits per heavy atom. The van der Waals surface area contributed by atoms with Gasteiger partial charge in [0.1, 0.15) is 0 Å². The molecule has 1 heterocycles. The molecule has 3 heteroatoms. The van der Waals surface area contributed by atoms with Crippen LogP contribution in [-0.2, 0) is 9.53 Å². The van der Waals surface area contributed by atoms with E-state index >= 15 is 0 Å². The molecule has 1 aromatic rings. The van der Waals surface area contributed by atoms with Crippen molar-refractivity contribution >= 4 is 5.97 Å². The molecule has 0 saturated carbocycles. The van der Waals surface area contributed by atoms with Gasteiger partial charge in [0, 0.05) is 12.4 Å². The van der Waals surface area contributed by atoms with E-state index in [9.17, 15) is 4.79 Å². The number of unbranched alkanes of at least 4 members (excludes halogenated alkanes) is 1. The van der Waals surface area contributed by atoms with Crippen LogP contribution in [0.5, 0.6) is 0 Å². The van der Waals surface area contributed by atoms with Crippen LogP contribution in [0.15, 0.2) is 24.5 Å². The molecule has 0 aliphatic rings. The van der Waals surface area contributed by atoms with E-state index in [2.05, 4.69) is 44.8 Å². The molecule has 0 N–H and O–H groups in total. The highest BCUT2D eigenvalue weighted by atomic mass is 16.5. The minimum atomic E-state index is -0.344. The largest absolute Gasteiger partial charge is 0.465 e. The summed E-state index contributed by atoms with van der Waals surface area (Å²) in [5, 5.41) is 0. The monoisotopic (exact) mass is 333 g/mol. The van der Waals surface area contributed by atoms with Gasteiger partial charge in [0.05, 0.1) is 12.0 Å². The first-order chi connectivity index (χ1) is 11.6. The Morgan fingerprint density at radius 3 is 2.42 bits per heavy atom. The van der Waals surface area contributed by atoms with Gasteiger partial charge in [-0.05, 0) is 62.6 Å². The van der Waals surface area contributed by atoms with E-state index in [1.807, 2.05) is 12.4 Å². The van der Waals surface area contributed by atoms with E-state index < -0.39 is 0 Å². The number of hydrogen-bond acceptors (Lipinski definition) is 3. The van der Waals surface area contributed by atoms with Crippen LogP contribution in [-0.4, -0.2) is 17.6 Å². The summed E-state index contributed by atoms with van der Waals surface area (Å²) in [5.41, 5.74) is 1.03. The summed E-state index contributed by atoms with van der Waals surface area (Å²) in [7, 11) is 0. The maximum Gasteiger partial charge on any atom is 0.311 e. The normalized spacial score (nSPS) is 14.8. The molecule has 3 nitrogen and oxygen atoms in total. The molecule has 2 atom stereocenters. The van der Waals surface area contributed by atoms with Crippen LogP contribution in [0.4, 0.5) is 0 Å². The lowest BCUT2D eigenvalue weighted by atomic mass is 9.80. The number of pyridine rings is 1. The average molecular weight is 334 g/mol. The van der Waals surface area contributed by atoms with Gasteiger partial charge >= 0.3 is 5.97 Å². The van der Waals surface area contributed by atoms with Crippen molar-refractivity contribution in [2.75, 3.05) is 6.61 Å². The van der Waals surface area contributed by atoms with Crippen molar-refractivity contribution in [2.24, 2.45) is 5.41 Å². The van der Waals surface area contributed by atoms with Crippen LogP contribution in [0.1, 0.15) is 90.5 Å². The van der Waals surface area contributed by atoms with Crippen molar-refractivity contribution < 1.29 is 9.53 Å². The van der Waals surface area contributed by atoms with E-state index in [4.69, 9.17) is 4.74 Å². The van der Waals surface area contributed by atoms with Crippen molar-refractivity contribution in [1.82, 2.24) is 4.98 Å². The lowest BCUT2D eigenvalue weighted by Crippen LogP contribution is -2.29. The van der Waals surface area contributed by atoms with Gasteiger partial charge < -0.3 is 4.74 Å². The van der Waals surface area contributed by atoms with Gasteiger partial charge in [0.2, 0.25) is 0 Å². The number of hydrogen-bond donors (Lipinski definition) is 0. The van der Waals surface area contributed by atoms with E-state index in [-0.39, 0.29) is 11.4 Å². The third-order valence-corrected chi connectivity index (χ3v) is 5.10. The molecule has 0 aliphatic heterocycles. The topological polar surface area (TPSA) is 39.2 Å². The zero-order valence-electron chi connectivity index (χ0n) is 16.0. The quantitative estimate of drug-likeness (QED) is 0.353. The van der Waals surface area contributed by atoms with E-state index in [0.717, 1.165) is 38.5 Å². The molecular weight excluding hydrogens is 298 g/mol. The molecule has 0 saturated heterocycles. The Morgan fingerprint density at radius 1 is 1.12 bits per heavy atom. The number of ether oxygens (including phenoxy) is 1. The zero-order valence-corrected chi connectivity index (χ0v) is 16.0. The van der Waals surface area contributed by atoms with Crippen LogP contribution >= 0.6 is 0 Å². The number of rotatable bonds is 12. The number of esters is 1. The summed E-state index contributed by atoms with van der Waals surface area (Å²) in [4.78, 5) is 16.5. The Kier molecular flexibility index (Phi) is 9.66. The number of carbonyl (C=O) groups excluding carboxylic acids is 1. The summed E-state index contributed by atoms with van der Waals surface area (Å²) in [6.07, 6.45) is 12.0. The Labute approximate surface area is 148 Å². The first-order valence-electron chi connectivity index (χ1n) is 9.64. The summed E-state index contributed by atoms with van der Waals surface area (Å²) in [6, 6.07) is 4.25. The number of carbonyl (C=O) groups is 1. The lowest BCUT2D eigenvalue weighted by molar-refractivity contribution is -0.155. The first-order valence-corrected chi connectivity index (χ1v) is 9.64. The van der Waals surface area contributed by atoms with Crippen LogP contribution in [0, 0.1) is 5.41 Å². The average Bonchev–Trinajstić information content (AvgIpc) is 2.61. The standard InChI is InChI=1S/C21H35NO2/c1-5-8-17-24-20(23)21(4,7-3)14-9-11-18(10-6-2)19-12-15-22-16-13-19/h12-13,15-16,18H,5-11,14,17H2,1-4H3. The molecule has 0 bridgehead atoms. The van der Waals surface area contributed by atoms with Gasteiger partial charge in [0.15, 0.2) is 0 Å². The minimum absolute atomic E-state index is 0.0191. The van der Waals surface area contributed by atoms with Crippen molar-refractivity contribution in [3.8, 4) is 0 Å². The van der Waals surface area contributed by atoms with Gasteiger partial charge in [0.25, 0.3) is 0 Å². The molecule has 0 spiro atoms. The highest BCUT2D eigenvalue weighted by Crippen LogP contribution is 2.33. The van der Waals surface area contributed by atoms with Gasteiger partial charge in [-0.15, -0.1) is 0 Å². The molecule has 0 aliphatic carbocycles. The molecule has 0 fully saturated rings. The third-order valence-electron chi connectivity index (χ3n) is 5.10. The fraction of sp³-hybridized carbons (Fsp3) is 0.714. The predicted molar refractivity (Wildman–Crippen MR) is 100 cm³/mol. The molecule has 2 unspecified atom stereocenters. The maximum absolute atomic E-state index is 12.4. The van der Waals surface area contributed by atoms with Crippen molar-refractivity contribution in [2.45, 2.75) is 85.0 Å². The maximum atomic E-state index is 12.4. The smallest absolute Gasteiger partial charge is 0.311 e. The van der Waals surface area contributed by atoms with E-state index in [1.54, 1.807) is 0 Å². The molecule has 1 rings (SSSR count). The Hall–Kier alpha value is -1.38. The van der Waals surface area contributed by atoms with E-state index in [0.29, 0.717) is 12.5 Å². The molecule has 136 valence electrons.